The van der Waals surface area contributed by atoms with Gasteiger partial charge in [-0.1, -0.05) is 6.07 Å². The summed E-state index contributed by atoms with van der Waals surface area (Å²) in [6, 6.07) is 5.03. The van der Waals surface area contributed by atoms with Crippen LogP contribution < -0.4 is 4.90 Å². The number of carbonyl (C=O) groups is 1. The molecule has 0 aliphatic carbocycles. The zero-order valence-electron chi connectivity index (χ0n) is 12.0. The largest absolute Gasteiger partial charge is 0.451 e. The normalized spacial score (nSPS) is 15.8. The minimum absolute atomic E-state index is 0.0432. The summed E-state index contributed by atoms with van der Waals surface area (Å²) >= 11 is 1.38. The van der Waals surface area contributed by atoms with Crippen LogP contribution in [-0.4, -0.2) is 47.0 Å². The second-order valence-corrected chi connectivity index (χ2v) is 5.94. The van der Waals surface area contributed by atoms with E-state index in [-0.39, 0.29) is 11.7 Å². The minimum Gasteiger partial charge on any atom is -0.353 e. The van der Waals surface area contributed by atoms with Gasteiger partial charge in [0, 0.05) is 32.4 Å². The van der Waals surface area contributed by atoms with Crippen molar-refractivity contribution in [2.24, 2.45) is 0 Å². The first kappa shape index (κ1) is 15.7. The Morgan fingerprint density at radius 2 is 1.91 bits per heavy atom. The number of anilines is 1. The topological polar surface area (TPSA) is 49.3 Å². The molecule has 0 N–H and O–H groups in total. The maximum absolute atomic E-state index is 12.7. The van der Waals surface area contributed by atoms with Gasteiger partial charge < -0.3 is 9.80 Å². The van der Waals surface area contributed by atoms with Gasteiger partial charge >= 0.3 is 6.18 Å². The zero-order chi connectivity index (χ0) is 16.4. The molecule has 1 amide bonds. The van der Waals surface area contributed by atoms with Gasteiger partial charge in [0.1, 0.15) is 5.82 Å². The lowest BCUT2D eigenvalue weighted by molar-refractivity contribution is -0.144. The molecule has 23 heavy (non-hydrogen) atoms. The predicted octanol–water partition coefficient (Wildman–Crippen LogP) is 2.52. The third kappa shape index (κ3) is 3.44. The van der Waals surface area contributed by atoms with Crippen LogP contribution in [0.1, 0.15) is 15.5 Å². The summed E-state index contributed by atoms with van der Waals surface area (Å²) in [5.41, 5.74) is 0. The van der Waals surface area contributed by atoms with E-state index in [4.69, 9.17) is 0 Å². The molecular weight excluding hydrogens is 329 g/mol. The first-order valence-electron chi connectivity index (χ1n) is 6.93. The summed E-state index contributed by atoms with van der Waals surface area (Å²) in [5, 5.41) is 1.84. The zero-order valence-corrected chi connectivity index (χ0v) is 12.8. The molecule has 9 heteroatoms. The van der Waals surface area contributed by atoms with Crippen molar-refractivity contribution in [1.29, 1.82) is 0 Å². The molecular formula is C14H13F3N4OS. The molecule has 0 radical (unpaired) electrons. The van der Waals surface area contributed by atoms with Crippen LogP contribution in [0.5, 0.6) is 0 Å². The van der Waals surface area contributed by atoms with E-state index >= 15 is 0 Å². The number of hydrogen-bond donors (Lipinski definition) is 0. The van der Waals surface area contributed by atoms with Gasteiger partial charge in [-0.05, 0) is 17.5 Å². The molecule has 1 fully saturated rings. The van der Waals surface area contributed by atoms with E-state index in [1.165, 1.54) is 17.4 Å². The van der Waals surface area contributed by atoms with Gasteiger partial charge in [-0.2, -0.15) is 13.2 Å². The number of halogens is 3. The molecule has 1 aliphatic rings. The summed E-state index contributed by atoms with van der Waals surface area (Å²) < 4.78 is 38.0. The van der Waals surface area contributed by atoms with E-state index in [1.54, 1.807) is 15.9 Å². The van der Waals surface area contributed by atoms with Crippen LogP contribution in [0.15, 0.2) is 29.8 Å². The second-order valence-electron chi connectivity index (χ2n) is 4.99. The van der Waals surface area contributed by atoms with Crippen molar-refractivity contribution >= 4 is 23.1 Å². The highest BCUT2D eigenvalue weighted by molar-refractivity contribution is 7.12. The summed E-state index contributed by atoms with van der Waals surface area (Å²) in [4.78, 5) is 23.2. The average Bonchev–Trinajstić information content (AvgIpc) is 3.08. The van der Waals surface area contributed by atoms with Crippen LogP contribution in [0.25, 0.3) is 0 Å². The van der Waals surface area contributed by atoms with E-state index in [0.717, 1.165) is 6.20 Å². The molecule has 3 heterocycles. The lowest BCUT2D eigenvalue weighted by atomic mass is 10.3. The van der Waals surface area contributed by atoms with E-state index in [1.807, 2.05) is 11.4 Å². The number of rotatable bonds is 2. The Labute approximate surface area is 134 Å². The molecule has 0 atom stereocenters. The lowest BCUT2D eigenvalue weighted by Gasteiger charge is -2.35. The van der Waals surface area contributed by atoms with Gasteiger partial charge in [-0.15, -0.1) is 11.3 Å². The average molecular weight is 342 g/mol. The molecule has 0 spiro atoms. The van der Waals surface area contributed by atoms with Crippen molar-refractivity contribution in [3.63, 3.8) is 0 Å². The quantitative estimate of drug-likeness (QED) is 0.841. The van der Waals surface area contributed by atoms with Crippen LogP contribution in [0.3, 0.4) is 0 Å². The fourth-order valence-corrected chi connectivity index (χ4v) is 3.05. The number of thiophene rings is 1. The molecule has 1 aliphatic heterocycles. The van der Waals surface area contributed by atoms with Crippen molar-refractivity contribution < 1.29 is 18.0 Å². The SMILES string of the molecule is O=C(c1cccs1)N1CCN(c2ccnc(C(F)(F)F)n2)CC1. The fraction of sp³-hybridized carbons (Fsp3) is 0.357. The van der Waals surface area contributed by atoms with E-state index < -0.39 is 12.0 Å². The Morgan fingerprint density at radius 1 is 1.17 bits per heavy atom. The minimum atomic E-state index is -4.56. The maximum atomic E-state index is 12.7. The molecule has 122 valence electrons. The number of hydrogen-bond acceptors (Lipinski definition) is 5. The number of nitrogens with zero attached hydrogens (tertiary/aromatic N) is 4. The highest BCUT2D eigenvalue weighted by atomic mass is 32.1. The van der Waals surface area contributed by atoms with Gasteiger partial charge in [0.15, 0.2) is 0 Å². The highest BCUT2D eigenvalue weighted by Crippen LogP contribution is 2.27. The molecule has 5 nitrogen and oxygen atoms in total. The van der Waals surface area contributed by atoms with Gasteiger partial charge in [0.2, 0.25) is 5.82 Å². The van der Waals surface area contributed by atoms with Crippen LogP contribution in [0.2, 0.25) is 0 Å². The van der Waals surface area contributed by atoms with Crippen LogP contribution in [-0.2, 0) is 6.18 Å². The molecule has 3 rings (SSSR count). The van der Waals surface area contributed by atoms with Gasteiger partial charge in [0.25, 0.3) is 5.91 Å². The third-order valence-electron chi connectivity index (χ3n) is 3.52. The van der Waals surface area contributed by atoms with Crippen molar-refractivity contribution in [3.05, 3.63) is 40.5 Å². The Morgan fingerprint density at radius 3 is 2.52 bits per heavy atom. The Kier molecular flexibility index (Phi) is 4.20. The monoisotopic (exact) mass is 342 g/mol. The van der Waals surface area contributed by atoms with E-state index in [0.29, 0.717) is 31.1 Å². The summed E-state index contributed by atoms with van der Waals surface area (Å²) in [6.07, 6.45) is -3.46. The van der Waals surface area contributed by atoms with Crippen molar-refractivity contribution in [1.82, 2.24) is 14.9 Å². The highest BCUT2D eigenvalue weighted by Gasteiger charge is 2.35. The number of piperazine rings is 1. The summed E-state index contributed by atoms with van der Waals surface area (Å²) in [7, 11) is 0. The van der Waals surface area contributed by atoms with Crippen LogP contribution in [0, 0.1) is 0 Å². The Balaban J connectivity index is 1.66. The molecule has 0 saturated carbocycles. The number of amides is 1. The second kappa shape index (κ2) is 6.15. The third-order valence-corrected chi connectivity index (χ3v) is 4.38. The summed E-state index contributed by atoms with van der Waals surface area (Å²) in [5.74, 6) is -0.957. The fourth-order valence-electron chi connectivity index (χ4n) is 2.36. The maximum Gasteiger partial charge on any atom is 0.451 e. The van der Waals surface area contributed by atoms with Crippen molar-refractivity contribution in [3.8, 4) is 0 Å². The van der Waals surface area contributed by atoms with Gasteiger partial charge in [0.05, 0.1) is 4.88 Å². The number of aromatic nitrogens is 2. The Hall–Kier alpha value is -2.16. The van der Waals surface area contributed by atoms with Crippen molar-refractivity contribution in [2.75, 3.05) is 31.1 Å². The first-order chi connectivity index (χ1) is 10.9. The van der Waals surface area contributed by atoms with E-state index in [9.17, 15) is 18.0 Å². The first-order valence-corrected chi connectivity index (χ1v) is 7.81. The molecule has 0 aromatic carbocycles. The molecule has 1 saturated heterocycles. The van der Waals surface area contributed by atoms with Gasteiger partial charge in [-0.3, -0.25) is 4.79 Å². The molecule has 2 aromatic rings. The van der Waals surface area contributed by atoms with Gasteiger partial charge in [-0.25, -0.2) is 9.97 Å². The molecule has 2 aromatic heterocycles. The molecule has 0 unspecified atom stereocenters. The summed E-state index contributed by atoms with van der Waals surface area (Å²) in [6.45, 7) is 1.76. The smallest absolute Gasteiger partial charge is 0.353 e. The Bertz CT molecular complexity index is 682. The number of alkyl halides is 3. The van der Waals surface area contributed by atoms with Crippen LogP contribution in [0.4, 0.5) is 19.0 Å². The van der Waals surface area contributed by atoms with Crippen molar-refractivity contribution in [2.45, 2.75) is 6.18 Å². The lowest BCUT2D eigenvalue weighted by Crippen LogP contribution is -2.49. The molecule has 0 bridgehead atoms. The number of carbonyl (C=O) groups excluding carboxylic acids is 1. The van der Waals surface area contributed by atoms with E-state index in [2.05, 4.69) is 9.97 Å². The predicted molar refractivity (Wildman–Crippen MR) is 79.5 cm³/mol. The standard InChI is InChI=1S/C14H13F3N4OS/c15-14(16,17)13-18-4-3-11(19-13)20-5-7-21(8-6-20)12(22)10-2-1-9-23-10/h1-4,9H,5-8H2. The van der Waals surface area contributed by atoms with Crippen LogP contribution >= 0.6 is 11.3 Å².